The zero-order valence-corrected chi connectivity index (χ0v) is 17.8. The van der Waals surface area contributed by atoms with E-state index in [2.05, 4.69) is 4.90 Å². The number of halogens is 1. The number of aromatic nitrogens is 2. The number of anilines is 1. The van der Waals surface area contributed by atoms with Gasteiger partial charge in [0, 0.05) is 30.9 Å². The minimum atomic E-state index is -3.33. The van der Waals surface area contributed by atoms with Crippen LogP contribution >= 0.6 is 0 Å². The van der Waals surface area contributed by atoms with Gasteiger partial charge in [0.2, 0.25) is 10.0 Å². The highest BCUT2D eigenvalue weighted by Crippen LogP contribution is 2.35. The number of piperidine rings is 1. The van der Waals surface area contributed by atoms with Crippen molar-refractivity contribution < 1.29 is 12.8 Å². The van der Waals surface area contributed by atoms with Crippen molar-refractivity contribution in [3.05, 3.63) is 52.7 Å². The van der Waals surface area contributed by atoms with E-state index in [9.17, 15) is 12.8 Å². The lowest BCUT2D eigenvalue weighted by Gasteiger charge is -2.35. The lowest BCUT2D eigenvalue weighted by Crippen LogP contribution is -2.39. The fourth-order valence-corrected chi connectivity index (χ4v) is 5.55. The van der Waals surface area contributed by atoms with Gasteiger partial charge in [0.05, 0.1) is 12.3 Å². The van der Waals surface area contributed by atoms with Crippen molar-refractivity contribution in [3.8, 4) is 0 Å². The molecule has 2 aliphatic heterocycles. The molecule has 1 atom stereocenters. The number of benzene rings is 1. The molecule has 0 bridgehead atoms. The molecule has 1 saturated heterocycles. The van der Waals surface area contributed by atoms with Crippen molar-refractivity contribution in [3.63, 3.8) is 0 Å². The van der Waals surface area contributed by atoms with Crippen molar-refractivity contribution in [2.45, 2.75) is 51.6 Å². The molecule has 4 rings (SSSR count). The molecule has 1 aromatic carbocycles. The normalized spacial score (nSPS) is 20.5. The third-order valence-electron chi connectivity index (χ3n) is 5.80. The van der Waals surface area contributed by atoms with E-state index in [4.69, 9.17) is 9.97 Å². The van der Waals surface area contributed by atoms with Crippen molar-refractivity contribution in [2.75, 3.05) is 24.2 Å². The van der Waals surface area contributed by atoms with E-state index in [1.54, 1.807) is 12.1 Å². The van der Waals surface area contributed by atoms with Gasteiger partial charge >= 0.3 is 0 Å². The van der Waals surface area contributed by atoms with Crippen LogP contribution in [0.3, 0.4) is 0 Å². The summed E-state index contributed by atoms with van der Waals surface area (Å²) in [6.45, 7) is 3.89. The summed E-state index contributed by atoms with van der Waals surface area (Å²) in [5, 5.41) is 0. The second-order valence-corrected chi connectivity index (χ2v) is 9.94. The highest BCUT2D eigenvalue weighted by Gasteiger charge is 2.34. The van der Waals surface area contributed by atoms with Crippen LogP contribution in [0.2, 0.25) is 0 Å². The van der Waals surface area contributed by atoms with Crippen molar-refractivity contribution in [1.29, 1.82) is 0 Å². The smallest absolute Gasteiger partial charge is 0.211 e. The predicted molar refractivity (Wildman–Crippen MR) is 111 cm³/mol. The number of rotatable bonds is 4. The van der Waals surface area contributed by atoms with Gasteiger partial charge in [0.15, 0.2) is 0 Å². The molecular formula is C21H27FN4O2S. The van der Waals surface area contributed by atoms with Crippen LogP contribution in [0, 0.1) is 12.7 Å². The van der Waals surface area contributed by atoms with Crippen LogP contribution in [0.25, 0.3) is 0 Å². The number of hydrogen-bond acceptors (Lipinski definition) is 5. The molecule has 6 nitrogen and oxygen atoms in total. The SMILES string of the molecule is Cc1nc(C2CCCCN2S(C)(=O)=O)nc2c1CCCN2Cc1cccc(F)c1. The fraction of sp³-hybridized carbons (Fsp3) is 0.524. The molecule has 0 aliphatic carbocycles. The van der Waals surface area contributed by atoms with Gasteiger partial charge in [-0.1, -0.05) is 18.6 Å². The largest absolute Gasteiger partial charge is 0.352 e. The van der Waals surface area contributed by atoms with Gasteiger partial charge in [-0.15, -0.1) is 0 Å². The molecule has 1 fully saturated rings. The molecule has 0 spiro atoms. The minimum absolute atomic E-state index is 0.245. The van der Waals surface area contributed by atoms with Crippen LogP contribution in [-0.2, 0) is 23.0 Å². The number of aryl methyl sites for hydroxylation is 1. The predicted octanol–water partition coefficient (Wildman–Crippen LogP) is 3.36. The third kappa shape index (κ3) is 4.28. The standard InChI is InChI=1S/C21H27FN4O2S/c1-15-18-9-6-11-25(14-16-7-5-8-17(22)13-16)21(18)24-20(23-15)19-10-3-4-12-26(19)29(2,27)28/h5,7-8,13,19H,3-4,6,9-12,14H2,1-2H3. The van der Waals surface area contributed by atoms with Crippen molar-refractivity contribution in [1.82, 2.24) is 14.3 Å². The minimum Gasteiger partial charge on any atom is -0.352 e. The maximum Gasteiger partial charge on any atom is 0.211 e. The summed E-state index contributed by atoms with van der Waals surface area (Å²) >= 11 is 0. The van der Waals surface area contributed by atoms with Gasteiger partial charge in [-0.05, 0) is 50.3 Å². The summed E-state index contributed by atoms with van der Waals surface area (Å²) in [5.74, 6) is 1.20. The van der Waals surface area contributed by atoms with E-state index in [1.807, 2.05) is 13.0 Å². The molecule has 0 N–H and O–H groups in total. The second kappa shape index (κ2) is 7.99. The quantitative estimate of drug-likeness (QED) is 0.762. The summed E-state index contributed by atoms with van der Waals surface area (Å²) < 4.78 is 39.8. The zero-order valence-electron chi connectivity index (χ0n) is 16.9. The summed E-state index contributed by atoms with van der Waals surface area (Å²) in [5.41, 5.74) is 2.91. The number of sulfonamides is 1. The molecule has 3 heterocycles. The van der Waals surface area contributed by atoms with Gasteiger partial charge in [0.1, 0.15) is 17.5 Å². The van der Waals surface area contributed by atoms with E-state index < -0.39 is 10.0 Å². The molecule has 1 aromatic heterocycles. The Kier molecular flexibility index (Phi) is 5.57. The molecule has 2 aliphatic rings. The average molecular weight is 419 g/mol. The van der Waals surface area contributed by atoms with Crippen LogP contribution < -0.4 is 4.90 Å². The summed E-state index contributed by atoms with van der Waals surface area (Å²) in [6, 6.07) is 6.31. The van der Waals surface area contributed by atoms with E-state index >= 15 is 0 Å². The van der Waals surface area contributed by atoms with Gasteiger partial charge in [-0.2, -0.15) is 4.31 Å². The first-order chi connectivity index (χ1) is 13.8. The summed E-state index contributed by atoms with van der Waals surface area (Å²) in [6.07, 6.45) is 5.71. The van der Waals surface area contributed by atoms with Gasteiger partial charge < -0.3 is 4.90 Å². The molecule has 0 radical (unpaired) electrons. The Hall–Kier alpha value is -2.06. The fourth-order valence-electron chi connectivity index (χ4n) is 4.43. The molecule has 156 valence electrons. The first kappa shape index (κ1) is 20.2. The Bertz CT molecular complexity index is 1010. The Balaban J connectivity index is 1.71. The summed E-state index contributed by atoms with van der Waals surface area (Å²) in [4.78, 5) is 11.8. The lowest BCUT2D eigenvalue weighted by atomic mass is 10.0. The van der Waals surface area contributed by atoms with Crippen LogP contribution in [0.15, 0.2) is 24.3 Å². The van der Waals surface area contributed by atoms with E-state index in [1.165, 1.54) is 16.6 Å². The van der Waals surface area contributed by atoms with Gasteiger partial charge in [-0.25, -0.2) is 22.8 Å². The molecule has 29 heavy (non-hydrogen) atoms. The van der Waals surface area contributed by atoms with Crippen LogP contribution in [0.1, 0.15) is 54.4 Å². The first-order valence-electron chi connectivity index (χ1n) is 10.2. The lowest BCUT2D eigenvalue weighted by molar-refractivity contribution is 0.247. The Morgan fingerprint density at radius 2 is 2.00 bits per heavy atom. The number of hydrogen-bond donors (Lipinski definition) is 0. The van der Waals surface area contributed by atoms with Crippen LogP contribution in [0.5, 0.6) is 0 Å². The molecule has 8 heteroatoms. The third-order valence-corrected chi connectivity index (χ3v) is 7.09. The second-order valence-electron chi connectivity index (χ2n) is 8.01. The first-order valence-corrected chi connectivity index (χ1v) is 12.0. The van der Waals surface area contributed by atoms with E-state index in [0.717, 1.165) is 61.3 Å². The van der Waals surface area contributed by atoms with Crippen LogP contribution in [-0.4, -0.2) is 42.0 Å². The van der Waals surface area contributed by atoms with Gasteiger partial charge in [0.25, 0.3) is 0 Å². The summed E-state index contributed by atoms with van der Waals surface area (Å²) in [7, 11) is -3.33. The molecule has 1 unspecified atom stereocenters. The number of nitrogens with zero attached hydrogens (tertiary/aromatic N) is 4. The van der Waals surface area contributed by atoms with Crippen molar-refractivity contribution in [2.24, 2.45) is 0 Å². The Morgan fingerprint density at radius 3 is 2.76 bits per heavy atom. The van der Waals surface area contributed by atoms with Gasteiger partial charge in [-0.3, -0.25) is 0 Å². The van der Waals surface area contributed by atoms with E-state index in [-0.39, 0.29) is 11.9 Å². The molecule has 0 saturated carbocycles. The van der Waals surface area contributed by atoms with E-state index in [0.29, 0.717) is 18.9 Å². The average Bonchev–Trinajstić information content (AvgIpc) is 2.68. The molecule has 0 amide bonds. The number of fused-ring (bicyclic) bond motifs is 1. The maximum atomic E-state index is 13.6. The highest BCUT2D eigenvalue weighted by molar-refractivity contribution is 7.88. The highest BCUT2D eigenvalue weighted by atomic mass is 32.2. The Labute approximate surface area is 171 Å². The molecule has 2 aromatic rings. The monoisotopic (exact) mass is 418 g/mol. The van der Waals surface area contributed by atoms with Crippen molar-refractivity contribution >= 4 is 15.8 Å². The Morgan fingerprint density at radius 1 is 1.17 bits per heavy atom. The topological polar surface area (TPSA) is 66.4 Å². The van der Waals surface area contributed by atoms with Crippen LogP contribution in [0.4, 0.5) is 10.2 Å². The molecular weight excluding hydrogens is 391 g/mol. The zero-order chi connectivity index (χ0) is 20.6. The maximum absolute atomic E-state index is 13.6.